The maximum Gasteiger partial charge on any atom is 0.325 e. The van der Waals surface area contributed by atoms with Crippen molar-refractivity contribution in [2.75, 3.05) is 13.1 Å². The van der Waals surface area contributed by atoms with Crippen molar-refractivity contribution < 1.29 is 14.4 Å². The Morgan fingerprint density at radius 2 is 1.86 bits per heavy atom. The quantitative estimate of drug-likeness (QED) is 0.712. The van der Waals surface area contributed by atoms with Crippen LogP contribution in [0.5, 0.6) is 0 Å². The molecule has 152 valence electrons. The smallest absolute Gasteiger partial charge is 0.325 e. The number of benzene rings is 1. The van der Waals surface area contributed by atoms with E-state index in [-0.39, 0.29) is 18.4 Å². The lowest BCUT2D eigenvalue weighted by atomic mass is 9.98. The van der Waals surface area contributed by atoms with Crippen LogP contribution in [0.3, 0.4) is 0 Å². The second-order valence-corrected chi connectivity index (χ2v) is 8.77. The molecule has 2 heterocycles. The van der Waals surface area contributed by atoms with E-state index >= 15 is 0 Å². The first-order valence-corrected chi connectivity index (χ1v) is 10.9. The van der Waals surface area contributed by atoms with Gasteiger partial charge in [-0.25, -0.2) is 4.79 Å². The van der Waals surface area contributed by atoms with E-state index in [2.05, 4.69) is 5.32 Å². The third-order valence-corrected chi connectivity index (χ3v) is 6.65. The van der Waals surface area contributed by atoms with Crippen LogP contribution in [0.4, 0.5) is 4.79 Å². The summed E-state index contributed by atoms with van der Waals surface area (Å²) in [6.07, 6.45) is 3.90. The number of amides is 4. The fourth-order valence-corrected chi connectivity index (χ4v) is 4.88. The lowest BCUT2D eigenvalue weighted by Crippen LogP contribution is -2.46. The molecule has 1 aliphatic carbocycles. The highest BCUT2D eigenvalue weighted by Gasteiger charge is 2.52. The number of hydrogen-bond acceptors (Lipinski definition) is 4. The fourth-order valence-electron chi connectivity index (χ4n) is 4.16. The highest BCUT2D eigenvalue weighted by atomic mass is 32.1. The van der Waals surface area contributed by atoms with Gasteiger partial charge < -0.3 is 10.2 Å². The number of nitrogens with one attached hydrogen (secondary N) is 1. The normalized spacial score (nSPS) is 17.7. The van der Waals surface area contributed by atoms with Gasteiger partial charge >= 0.3 is 6.03 Å². The topological polar surface area (TPSA) is 69.7 Å². The van der Waals surface area contributed by atoms with Crippen LogP contribution in [0.1, 0.15) is 36.1 Å². The maximum absolute atomic E-state index is 13.1. The van der Waals surface area contributed by atoms with Crippen LogP contribution in [0.15, 0.2) is 47.8 Å². The molecule has 1 spiro atoms. The zero-order valence-corrected chi connectivity index (χ0v) is 17.1. The molecular weight excluding hydrogens is 386 g/mol. The van der Waals surface area contributed by atoms with Gasteiger partial charge in [-0.15, -0.1) is 11.3 Å². The lowest BCUT2D eigenvalue weighted by molar-refractivity contribution is -0.139. The van der Waals surface area contributed by atoms with Gasteiger partial charge in [-0.05, 0) is 36.3 Å². The SMILES string of the molecule is O=C(CN1C(=O)NC2(CCCC2)C1=O)N(CCc1ccccc1)Cc1cccs1. The number of hydrogen-bond donors (Lipinski definition) is 1. The average Bonchev–Trinajstić information content (AvgIpc) is 3.45. The van der Waals surface area contributed by atoms with E-state index in [0.29, 0.717) is 25.9 Å². The molecule has 7 heteroatoms. The van der Waals surface area contributed by atoms with E-state index in [1.165, 1.54) is 0 Å². The van der Waals surface area contributed by atoms with Crippen LogP contribution in [0.2, 0.25) is 0 Å². The van der Waals surface area contributed by atoms with Gasteiger partial charge in [0, 0.05) is 11.4 Å². The van der Waals surface area contributed by atoms with Crippen LogP contribution in [0.25, 0.3) is 0 Å². The summed E-state index contributed by atoms with van der Waals surface area (Å²) in [6, 6.07) is 13.5. The summed E-state index contributed by atoms with van der Waals surface area (Å²) in [6.45, 7) is 0.820. The standard InChI is InChI=1S/C22H25N3O3S/c26-19(16-25-20(27)22(23-21(25)28)11-4-5-12-22)24(15-18-9-6-14-29-18)13-10-17-7-2-1-3-8-17/h1-3,6-9,14H,4-5,10-13,15-16H2,(H,23,28). The Hall–Kier alpha value is -2.67. The average molecular weight is 412 g/mol. The summed E-state index contributed by atoms with van der Waals surface area (Å²) in [5.41, 5.74) is 0.372. The van der Waals surface area contributed by atoms with Crippen molar-refractivity contribution in [1.29, 1.82) is 0 Å². The van der Waals surface area contributed by atoms with E-state index < -0.39 is 11.6 Å². The van der Waals surface area contributed by atoms with Gasteiger partial charge in [-0.2, -0.15) is 0 Å². The first kappa shape index (κ1) is 19.6. The largest absolute Gasteiger partial charge is 0.336 e. The number of imide groups is 1. The molecule has 2 fully saturated rings. The monoisotopic (exact) mass is 411 g/mol. The van der Waals surface area contributed by atoms with Gasteiger partial charge in [-0.3, -0.25) is 14.5 Å². The molecule has 1 saturated carbocycles. The second-order valence-electron chi connectivity index (χ2n) is 7.74. The van der Waals surface area contributed by atoms with Crippen LogP contribution < -0.4 is 5.32 Å². The highest BCUT2D eigenvalue weighted by Crippen LogP contribution is 2.35. The van der Waals surface area contributed by atoms with E-state index in [1.807, 2.05) is 47.8 Å². The third-order valence-electron chi connectivity index (χ3n) is 5.79. The van der Waals surface area contributed by atoms with E-state index in [9.17, 15) is 14.4 Å². The molecule has 1 aromatic heterocycles. The molecule has 0 radical (unpaired) electrons. The fraction of sp³-hybridized carbons (Fsp3) is 0.409. The summed E-state index contributed by atoms with van der Waals surface area (Å²) < 4.78 is 0. The van der Waals surface area contributed by atoms with Gasteiger partial charge in [0.25, 0.3) is 5.91 Å². The molecule has 0 unspecified atom stereocenters. The van der Waals surface area contributed by atoms with Gasteiger partial charge in [0.15, 0.2) is 0 Å². The van der Waals surface area contributed by atoms with E-state index in [1.54, 1.807) is 16.2 Å². The molecule has 0 atom stereocenters. The molecular formula is C22H25N3O3S. The van der Waals surface area contributed by atoms with Crippen LogP contribution in [-0.4, -0.2) is 46.3 Å². The second kappa shape index (κ2) is 8.37. The Bertz CT molecular complexity index is 876. The first-order chi connectivity index (χ1) is 14.1. The van der Waals surface area contributed by atoms with Crippen molar-refractivity contribution in [3.8, 4) is 0 Å². The van der Waals surface area contributed by atoms with Crippen LogP contribution >= 0.6 is 11.3 Å². The van der Waals surface area contributed by atoms with Gasteiger partial charge in [0.05, 0.1) is 6.54 Å². The maximum atomic E-state index is 13.1. The number of urea groups is 1. The molecule has 29 heavy (non-hydrogen) atoms. The molecule has 6 nitrogen and oxygen atoms in total. The van der Waals surface area contributed by atoms with Crippen molar-refractivity contribution in [3.63, 3.8) is 0 Å². The van der Waals surface area contributed by atoms with Crippen molar-refractivity contribution in [1.82, 2.24) is 15.1 Å². The number of thiophene rings is 1. The summed E-state index contributed by atoms with van der Waals surface area (Å²) in [5.74, 6) is -0.444. The first-order valence-electron chi connectivity index (χ1n) is 10.1. The Labute approximate surface area is 174 Å². The number of nitrogens with zero attached hydrogens (tertiary/aromatic N) is 2. The molecule has 1 N–H and O–H groups in total. The molecule has 1 aliphatic heterocycles. The Morgan fingerprint density at radius 3 is 2.55 bits per heavy atom. The molecule has 4 rings (SSSR count). The Morgan fingerprint density at radius 1 is 1.10 bits per heavy atom. The predicted octanol–water partition coefficient (Wildman–Crippen LogP) is 3.18. The lowest BCUT2D eigenvalue weighted by Gasteiger charge is -2.25. The molecule has 4 amide bonds. The minimum absolute atomic E-state index is 0.201. The van der Waals surface area contributed by atoms with Crippen LogP contribution in [0, 0.1) is 0 Å². The van der Waals surface area contributed by atoms with Crippen molar-refractivity contribution in [2.45, 2.75) is 44.2 Å². The zero-order chi connectivity index (χ0) is 20.3. The Kier molecular flexibility index (Phi) is 5.67. The zero-order valence-electron chi connectivity index (χ0n) is 16.3. The Balaban J connectivity index is 1.45. The summed E-state index contributed by atoms with van der Waals surface area (Å²) >= 11 is 1.60. The molecule has 0 bridgehead atoms. The highest BCUT2D eigenvalue weighted by molar-refractivity contribution is 7.09. The van der Waals surface area contributed by atoms with Crippen LogP contribution in [-0.2, 0) is 22.6 Å². The summed E-state index contributed by atoms with van der Waals surface area (Å²) in [7, 11) is 0. The van der Waals surface area contributed by atoms with Gasteiger partial charge in [-0.1, -0.05) is 49.2 Å². The van der Waals surface area contributed by atoms with E-state index in [0.717, 1.165) is 34.6 Å². The molecule has 2 aromatic rings. The van der Waals surface area contributed by atoms with Crippen molar-refractivity contribution in [3.05, 3.63) is 58.3 Å². The number of rotatable bonds is 7. The summed E-state index contributed by atoms with van der Waals surface area (Å²) in [5, 5.41) is 4.83. The minimum Gasteiger partial charge on any atom is -0.336 e. The molecule has 1 saturated heterocycles. The molecule has 2 aliphatic rings. The minimum atomic E-state index is -0.778. The third kappa shape index (κ3) is 4.19. The van der Waals surface area contributed by atoms with Gasteiger partial charge in [0.1, 0.15) is 12.1 Å². The number of carbonyl (C=O) groups is 3. The predicted molar refractivity (Wildman–Crippen MR) is 111 cm³/mol. The van der Waals surface area contributed by atoms with E-state index in [4.69, 9.17) is 0 Å². The van der Waals surface area contributed by atoms with Gasteiger partial charge in [0.2, 0.25) is 5.91 Å². The summed E-state index contributed by atoms with van der Waals surface area (Å²) in [4.78, 5) is 42.3. The van der Waals surface area contributed by atoms with Crippen molar-refractivity contribution in [2.24, 2.45) is 0 Å². The number of carbonyl (C=O) groups excluding carboxylic acids is 3. The van der Waals surface area contributed by atoms with Crippen molar-refractivity contribution >= 4 is 29.2 Å². The molecule has 1 aromatic carbocycles.